The van der Waals surface area contributed by atoms with Crippen molar-refractivity contribution in [3.8, 4) is 0 Å². The minimum atomic E-state index is -0.279. The van der Waals surface area contributed by atoms with Gasteiger partial charge in [-0.1, -0.05) is 36.7 Å². The van der Waals surface area contributed by atoms with Crippen LogP contribution in [0.2, 0.25) is 5.02 Å². The van der Waals surface area contributed by atoms with E-state index in [1.54, 1.807) is 29.7 Å². The number of pyridine rings is 1. The fourth-order valence-electron chi connectivity index (χ4n) is 3.11. The van der Waals surface area contributed by atoms with Crippen molar-refractivity contribution in [1.29, 1.82) is 0 Å². The molecule has 0 unspecified atom stereocenters. The Balaban J connectivity index is 1.74. The second kappa shape index (κ2) is 9.15. The summed E-state index contributed by atoms with van der Waals surface area (Å²) in [5.74, 6) is 0.733. The van der Waals surface area contributed by atoms with E-state index in [-0.39, 0.29) is 17.7 Å². The van der Waals surface area contributed by atoms with Crippen LogP contribution in [0.25, 0.3) is 0 Å². The number of furan rings is 1. The highest BCUT2D eigenvalue weighted by molar-refractivity contribution is 7.16. The highest BCUT2D eigenvalue weighted by Crippen LogP contribution is 2.38. The van der Waals surface area contributed by atoms with Gasteiger partial charge >= 0.3 is 0 Å². The summed E-state index contributed by atoms with van der Waals surface area (Å²) in [6.07, 6.45) is 4.10. The van der Waals surface area contributed by atoms with Crippen molar-refractivity contribution in [2.24, 2.45) is 0 Å². The van der Waals surface area contributed by atoms with E-state index in [0.29, 0.717) is 5.02 Å². The number of aryl methyl sites for hydroxylation is 1. The van der Waals surface area contributed by atoms with Gasteiger partial charge in [0.05, 0.1) is 12.3 Å². The number of hydrogen-bond donors (Lipinski definition) is 2. The van der Waals surface area contributed by atoms with Crippen molar-refractivity contribution in [2.45, 2.75) is 19.4 Å². The molecule has 4 aromatic rings. The number of anilines is 2. The zero-order chi connectivity index (χ0) is 20.9. The summed E-state index contributed by atoms with van der Waals surface area (Å²) in [5.41, 5.74) is 1.98. The first kappa shape index (κ1) is 20.2. The van der Waals surface area contributed by atoms with E-state index < -0.39 is 0 Å². The van der Waals surface area contributed by atoms with Crippen LogP contribution in [0.15, 0.2) is 77.5 Å². The third kappa shape index (κ3) is 4.56. The van der Waals surface area contributed by atoms with Crippen LogP contribution in [0.5, 0.6) is 0 Å². The maximum absolute atomic E-state index is 12.6. The molecule has 3 heterocycles. The van der Waals surface area contributed by atoms with Gasteiger partial charge in [-0.25, -0.2) is 4.98 Å². The van der Waals surface area contributed by atoms with Crippen LogP contribution in [-0.2, 0) is 6.42 Å². The maximum Gasteiger partial charge on any atom is 0.291 e. The first-order valence-corrected chi connectivity index (χ1v) is 10.7. The fraction of sp³-hybridized carbons (Fsp3) is 0.130. The molecule has 0 aliphatic heterocycles. The minimum Gasteiger partial charge on any atom is -0.459 e. The Bertz CT molecular complexity index is 1110. The summed E-state index contributed by atoms with van der Waals surface area (Å²) in [5, 5.41) is 7.95. The Morgan fingerprint density at radius 2 is 2.00 bits per heavy atom. The van der Waals surface area contributed by atoms with E-state index in [1.807, 2.05) is 42.5 Å². The molecule has 0 spiro atoms. The number of amides is 1. The third-order valence-electron chi connectivity index (χ3n) is 4.60. The average Bonchev–Trinajstić information content (AvgIpc) is 3.44. The Hall–Kier alpha value is -3.09. The molecule has 0 bridgehead atoms. The van der Waals surface area contributed by atoms with Crippen molar-refractivity contribution in [1.82, 2.24) is 4.98 Å². The number of nitrogens with zero attached hydrogens (tertiary/aromatic N) is 1. The van der Waals surface area contributed by atoms with E-state index in [2.05, 4.69) is 28.6 Å². The molecule has 1 atom stereocenters. The van der Waals surface area contributed by atoms with Crippen LogP contribution in [0.1, 0.15) is 39.5 Å². The Morgan fingerprint density at radius 1 is 1.17 bits per heavy atom. The number of hydrogen-bond acceptors (Lipinski definition) is 5. The molecule has 0 aliphatic carbocycles. The van der Waals surface area contributed by atoms with Gasteiger partial charge in [0.25, 0.3) is 5.91 Å². The van der Waals surface area contributed by atoms with Crippen molar-refractivity contribution >= 4 is 39.7 Å². The van der Waals surface area contributed by atoms with Crippen LogP contribution in [-0.4, -0.2) is 10.9 Å². The molecule has 30 heavy (non-hydrogen) atoms. The number of nitrogens with one attached hydrogen (secondary N) is 2. The largest absolute Gasteiger partial charge is 0.459 e. The summed E-state index contributed by atoms with van der Waals surface area (Å²) in [4.78, 5) is 18.2. The van der Waals surface area contributed by atoms with Crippen molar-refractivity contribution in [3.05, 3.63) is 99.9 Å². The molecule has 1 aromatic carbocycles. The molecule has 0 saturated heterocycles. The molecular weight excluding hydrogens is 418 g/mol. The lowest BCUT2D eigenvalue weighted by molar-refractivity contribution is 0.0997. The zero-order valence-corrected chi connectivity index (χ0v) is 17.8. The Labute approximate surface area is 183 Å². The molecule has 0 saturated carbocycles. The second-order valence-electron chi connectivity index (χ2n) is 6.63. The van der Waals surface area contributed by atoms with Gasteiger partial charge in [0.1, 0.15) is 10.8 Å². The van der Waals surface area contributed by atoms with Gasteiger partial charge in [-0.15, -0.1) is 11.3 Å². The lowest BCUT2D eigenvalue weighted by Crippen LogP contribution is -2.16. The molecule has 152 valence electrons. The molecule has 3 aromatic heterocycles. The monoisotopic (exact) mass is 437 g/mol. The van der Waals surface area contributed by atoms with Crippen molar-refractivity contribution in [3.63, 3.8) is 0 Å². The molecule has 1 amide bonds. The third-order valence-corrected chi connectivity index (χ3v) is 6.07. The van der Waals surface area contributed by atoms with E-state index in [4.69, 9.17) is 16.0 Å². The summed E-state index contributed by atoms with van der Waals surface area (Å²) >= 11 is 7.67. The van der Waals surface area contributed by atoms with Crippen LogP contribution in [0.4, 0.5) is 10.8 Å². The lowest BCUT2D eigenvalue weighted by Gasteiger charge is -2.21. The number of rotatable bonds is 7. The van der Waals surface area contributed by atoms with E-state index >= 15 is 0 Å². The van der Waals surface area contributed by atoms with Gasteiger partial charge in [-0.3, -0.25) is 4.79 Å². The predicted molar refractivity (Wildman–Crippen MR) is 122 cm³/mol. The molecule has 0 aliphatic rings. The van der Waals surface area contributed by atoms with E-state index in [9.17, 15) is 4.79 Å². The second-order valence-corrected chi connectivity index (χ2v) is 8.20. The topological polar surface area (TPSA) is 67.2 Å². The fourth-order valence-corrected chi connectivity index (χ4v) is 4.27. The Morgan fingerprint density at radius 3 is 2.67 bits per heavy atom. The van der Waals surface area contributed by atoms with Gasteiger partial charge in [0.2, 0.25) is 0 Å². The molecule has 5 nitrogen and oxygen atoms in total. The number of carbonyl (C=O) groups excluding carboxylic acids is 1. The number of aromatic nitrogens is 1. The van der Waals surface area contributed by atoms with Gasteiger partial charge in [0.15, 0.2) is 5.76 Å². The number of carbonyl (C=O) groups is 1. The minimum absolute atomic E-state index is 0.222. The molecule has 7 heteroatoms. The van der Waals surface area contributed by atoms with Gasteiger partial charge in [0, 0.05) is 21.7 Å². The summed E-state index contributed by atoms with van der Waals surface area (Å²) in [7, 11) is 0. The zero-order valence-electron chi connectivity index (χ0n) is 16.3. The van der Waals surface area contributed by atoms with Gasteiger partial charge in [-0.2, -0.15) is 0 Å². The molecular formula is C23H20ClN3O2S. The molecule has 0 radical (unpaired) electrons. The smallest absolute Gasteiger partial charge is 0.291 e. The molecule has 4 rings (SSSR count). The van der Waals surface area contributed by atoms with Crippen LogP contribution in [0, 0.1) is 0 Å². The molecule has 0 fully saturated rings. The van der Waals surface area contributed by atoms with Crippen molar-refractivity contribution < 1.29 is 9.21 Å². The first-order chi connectivity index (χ1) is 14.6. The quantitative estimate of drug-likeness (QED) is 0.350. The van der Waals surface area contributed by atoms with Crippen LogP contribution < -0.4 is 10.6 Å². The summed E-state index contributed by atoms with van der Waals surface area (Å²) in [6, 6.07) is 18.6. The normalized spacial score (nSPS) is 11.8. The van der Waals surface area contributed by atoms with Gasteiger partial charge < -0.3 is 15.1 Å². The highest BCUT2D eigenvalue weighted by atomic mass is 35.5. The first-order valence-electron chi connectivity index (χ1n) is 9.54. The number of benzene rings is 1. The Kier molecular flexibility index (Phi) is 6.16. The number of halogens is 1. The molecule has 2 N–H and O–H groups in total. The maximum atomic E-state index is 12.6. The number of thiophene rings is 1. The highest BCUT2D eigenvalue weighted by Gasteiger charge is 2.23. The standard InChI is InChI=1S/C23H20ClN3O2S/c1-2-17-14-18(23(30-17)27-22(28)19-6-5-13-29-19)21(15-8-10-16(24)11-9-15)26-20-7-3-4-12-25-20/h3-14,21H,2H2,1H3,(H,25,26)(H,27,28)/t21-/m1/s1. The predicted octanol–water partition coefficient (Wildman–Crippen LogP) is 6.41. The van der Waals surface area contributed by atoms with Gasteiger partial charge in [-0.05, 0) is 54.4 Å². The lowest BCUT2D eigenvalue weighted by atomic mass is 9.99. The SMILES string of the molecule is CCc1cc([C@H](Nc2ccccn2)c2ccc(Cl)cc2)c(NC(=O)c2ccco2)s1. The summed E-state index contributed by atoms with van der Waals surface area (Å²) in [6.45, 7) is 2.09. The van der Waals surface area contributed by atoms with Crippen LogP contribution in [0.3, 0.4) is 0 Å². The van der Waals surface area contributed by atoms with E-state index in [1.165, 1.54) is 11.1 Å². The average molecular weight is 438 g/mol. The summed E-state index contributed by atoms with van der Waals surface area (Å²) < 4.78 is 5.25. The van der Waals surface area contributed by atoms with Crippen molar-refractivity contribution in [2.75, 3.05) is 10.6 Å². The van der Waals surface area contributed by atoms with E-state index in [0.717, 1.165) is 28.4 Å². The van der Waals surface area contributed by atoms with Crippen LogP contribution >= 0.6 is 22.9 Å².